The first kappa shape index (κ1) is 23.9. The number of rotatable bonds is 6. The van der Waals surface area contributed by atoms with Gasteiger partial charge in [0.1, 0.15) is 11.7 Å². The molecular weight excluding hydrogens is 444 g/mol. The lowest BCUT2D eigenvalue weighted by Gasteiger charge is -2.24. The third kappa shape index (κ3) is 5.66. The van der Waals surface area contributed by atoms with Gasteiger partial charge >= 0.3 is 12.0 Å². The molecule has 0 saturated carbocycles. The van der Waals surface area contributed by atoms with Gasteiger partial charge in [0.25, 0.3) is 0 Å². The van der Waals surface area contributed by atoms with Crippen molar-refractivity contribution in [2.45, 2.75) is 38.6 Å². The number of carboxylic acid groups (broad SMARTS) is 1. The molecule has 8 nitrogen and oxygen atoms in total. The number of anilines is 2. The molecule has 0 unspecified atom stereocenters. The molecule has 1 aliphatic rings. The van der Waals surface area contributed by atoms with Crippen molar-refractivity contribution >= 4 is 29.3 Å². The maximum absolute atomic E-state index is 13.0. The van der Waals surface area contributed by atoms with Crippen LogP contribution >= 0.6 is 0 Å². The Hall–Kier alpha value is -4.20. The molecule has 1 fully saturated rings. The summed E-state index contributed by atoms with van der Waals surface area (Å²) in [6.07, 6.45) is 2.80. The highest BCUT2D eigenvalue weighted by Crippen LogP contribution is 2.24. The molecule has 0 spiro atoms. The summed E-state index contributed by atoms with van der Waals surface area (Å²) < 4.78 is 0. The third-order valence-electron chi connectivity index (χ3n) is 6.11. The Bertz CT molecular complexity index is 1220. The molecule has 2 aromatic carbocycles. The Labute approximate surface area is 204 Å². The third-order valence-corrected chi connectivity index (χ3v) is 6.11. The van der Waals surface area contributed by atoms with Crippen LogP contribution in [0.5, 0.6) is 0 Å². The van der Waals surface area contributed by atoms with E-state index < -0.39 is 12.0 Å². The van der Waals surface area contributed by atoms with Crippen LogP contribution in [-0.4, -0.2) is 45.5 Å². The zero-order valence-corrected chi connectivity index (χ0v) is 19.7. The van der Waals surface area contributed by atoms with Crippen LogP contribution in [0.15, 0.2) is 66.9 Å². The minimum atomic E-state index is -1.09. The van der Waals surface area contributed by atoms with Gasteiger partial charge in [0.2, 0.25) is 5.91 Å². The number of benzene rings is 2. The highest BCUT2D eigenvalue weighted by Gasteiger charge is 2.34. The van der Waals surface area contributed by atoms with Crippen LogP contribution in [0, 0.1) is 0 Å². The van der Waals surface area contributed by atoms with Crippen LogP contribution in [-0.2, 0) is 4.79 Å². The van der Waals surface area contributed by atoms with E-state index in [1.165, 1.54) is 17.8 Å². The first-order valence-electron chi connectivity index (χ1n) is 11.6. The Morgan fingerprint density at radius 2 is 1.60 bits per heavy atom. The minimum absolute atomic E-state index is 0.0321. The number of aromatic nitrogens is 1. The fourth-order valence-electron chi connectivity index (χ4n) is 4.13. The van der Waals surface area contributed by atoms with E-state index in [0.717, 1.165) is 17.5 Å². The largest absolute Gasteiger partial charge is 0.477 e. The fourth-order valence-corrected chi connectivity index (χ4v) is 4.13. The van der Waals surface area contributed by atoms with Crippen molar-refractivity contribution < 1.29 is 19.5 Å². The van der Waals surface area contributed by atoms with Crippen LogP contribution in [0.25, 0.3) is 11.1 Å². The first-order chi connectivity index (χ1) is 16.8. The molecule has 1 aromatic heterocycles. The van der Waals surface area contributed by atoms with Gasteiger partial charge in [-0.15, -0.1) is 0 Å². The summed E-state index contributed by atoms with van der Waals surface area (Å²) in [6, 6.07) is 17.2. The fraction of sp³-hybridized carbons (Fsp3) is 0.259. The predicted octanol–water partition coefficient (Wildman–Crippen LogP) is 5.21. The number of urea groups is 1. The van der Waals surface area contributed by atoms with Gasteiger partial charge in [-0.3, -0.25) is 4.79 Å². The van der Waals surface area contributed by atoms with E-state index in [1.54, 1.807) is 35.2 Å². The topological polar surface area (TPSA) is 112 Å². The molecule has 0 bridgehead atoms. The van der Waals surface area contributed by atoms with Gasteiger partial charge in [-0.1, -0.05) is 38.1 Å². The SMILES string of the molecule is CC(C)c1ccc(NC(=O)N2CCC[C@H]2C(=O)Nc2ccc(-c3ccnc(C(=O)O)c3)cc2)cc1. The van der Waals surface area contributed by atoms with Gasteiger partial charge < -0.3 is 20.6 Å². The molecule has 8 heteroatoms. The van der Waals surface area contributed by atoms with E-state index in [0.29, 0.717) is 30.3 Å². The normalized spacial score (nSPS) is 15.2. The van der Waals surface area contributed by atoms with Crippen molar-refractivity contribution in [3.8, 4) is 11.1 Å². The molecule has 0 radical (unpaired) electrons. The van der Waals surface area contributed by atoms with Gasteiger partial charge in [0.15, 0.2) is 0 Å². The highest BCUT2D eigenvalue weighted by atomic mass is 16.4. The maximum atomic E-state index is 13.0. The van der Waals surface area contributed by atoms with E-state index >= 15 is 0 Å². The number of hydrogen-bond donors (Lipinski definition) is 3. The molecule has 3 N–H and O–H groups in total. The molecule has 1 saturated heterocycles. The smallest absolute Gasteiger partial charge is 0.354 e. The first-order valence-corrected chi connectivity index (χ1v) is 11.6. The molecule has 180 valence electrons. The van der Waals surface area contributed by atoms with Crippen molar-refractivity contribution in [2.24, 2.45) is 0 Å². The summed E-state index contributed by atoms with van der Waals surface area (Å²) in [4.78, 5) is 42.4. The number of nitrogens with zero attached hydrogens (tertiary/aromatic N) is 2. The summed E-state index contributed by atoms with van der Waals surface area (Å²) in [7, 11) is 0. The molecule has 1 aliphatic heterocycles. The lowest BCUT2D eigenvalue weighted by molar-refractivity contribution is -0.119. The number of hydrogen-bond acceptors (Lipinski definition) is 4. The van der Waals surface area contributed by atoms with E-state index in [-0.39, 0.29) is 17.6 Å². The zero-order chi connectivity index (χ0) is 24.9. The van der Waals surface area contributed by atoms with Gasteiger partial charge in [0, 0.05) is 24.1 Å². The molecule has 0 aliphatic carbocycles. The molecule has 4 rings (SSSR count). The summed E-state index contributed by atoms with van der Waals surface area (Å²) in [6.45, 7) is 4.74. The summed E-state index contributed by atoms with van der Waals surface area (Å²) >= 11 is 0. The van der Waals surface area contributed by atoms with Crippen LogP contribution in [0.1, 0.15) is 48.7 Å². The quantitative estimate of drug-likeness (QED) is 0.456. The Morgan fingerprint density at radius 3 is 2.26 bits per heavy atom. The van der Waals surface area contributed by atoms with Crippen molar-refractivity contribution in [1.82, 2.24) is 9.88 Å². The summed E-state index contributed by atoms with van der Waals surface area (Å²) in [5.74, 6) is -0.918. The molecule has 2 heterocycles. The number of aromatic carboxylic acids is 1. The van der Waals surface area contributed by atoms with E-state index in [4.69, 9.17) is 5.11 Å². The number of nitrogens with one attached hydrogen (secondary N) is 2. The monoisotopic (exact) mass is 472 g/mol. The molecular formula is C27H28N4O4. The Balaban J connectivity index is 1.39. The van der Waals surface area contributed by atoms with Gasteiger partial charge in [-0.05, 0) is 71.8 Å². The molecule has 1 atom stereocenters. The van der Waals surface area contributed by atoms with Gasteiger partial charge in [-0.2, -0.15) is 0 Å². The van der Waals surface area contributed by atoms with E-state index in [9.17, 15) is 14.4 Å². The summed E-state index contributed by atoms with van der Waals surface area (Å²) in [5.41, 5.74) is 3.98. The summed E-state index contributed by atoms with van der Waals surface area (Å²) in [5, 5.41) is 14.9. The van der Waals surface area contributed by atoms with Crippen LogP contribution in [0.4, 0.5) is 16.2 Å². The van der Waals surface area contributed by atoms with Crippen LogP contribution < -0.4 is 10.6 Å². The minimum Gasteiger partial charge on any atom is -0.477 e. The lowest BCUT2D eigenvalue weighted by atomic mass is 10.0. The van der Waals surface area contributed by atoms with Crippen molar-refractivity contribution in [3.63, 3.8) is 0 Å². The number of carboxylic acids is 1. The number of carbonyl (C=O) groups is 3. The molecule has 3 aromatic rings. The van der Waals surface area contributed by atoms with Crippen LogP contribution in [0.3, 0.4) is 0 Å². The Kier molecular flexibility index (Phi) is 7.10. The van der Waals surface area contributed by atoms with Crippen molar-refractivity contribution in [2.75, 3.05) is 17.2 Å². The Morgan fingerprint density at radius 1 is 0.943 bits per heavy atom. The number of amides is 3. The second kappa shape index (κ2) is 10.4. The second-order valence-electron chi connectivity index (χ2n) is 8.86. The maximum Gasteiger partial charge on any atom is 0.354 e. The van der Waals surface area contributed by atoms with Crippen LogP contribution in [0.2, 0.25) is 0 Å². The van der Waals surface area contributed by atoms with Gasteiger partial charge in [-0.25, -0.2) is 14.6 Å². The number of likely N-dealkylation sites (tertiary alicyclic amines) is 1. The standard InChI is InChI=1S/C27H28N4O4/c1-17(2)18-5-9-22(10-6-18)30-27(35)31-15-3-4-24(31)25(32)29-21-11-7-19(8-12-21)20-13-14-28-23(16-20)26(33)34/h5-14,16-17,24H,3-4,15H2,1-2H3,(H,29,32)(H,30,35)(H,33,34)/t24-/m0/s1. The zero-order valence-electron chi connectivity index (χ0n) is 19.7. The number of carbonyl (C=O) groups excluding carboxylic acids is 2. The molecule has 35 heavy (non-hydrogen) atoms. The lowest BCUT2D eigenvalue weighted by Crippen LogP contribution is -2.45. The molecule has 3 amide bonds. The van der Waals surface area contributed by atoms with E-state index in [1.807, 2.05) is 24.3 Å². The number of pyridine rings is 1. The highest BCUT2D eigenvalue weighted by molar-refractivity contribution is 5.99. The average Bonchev–Trinajstić information content (AvgIpc) is 3.35. The van der Waals surface area contributed by atoms with Crippen molar-refractivity contribution in [1.29, 1.82) is 0 Å². The average molecular weight is 473 g/mol. The second-order valence-corrected chi connectivity index (χ2v) is 8.86. The predicted molar refractivity (Wildman–Crippen MR) is 135 cm³/mol. The van der Waals surface area contributed by atoms with Crippen molar-refractivity contribution in [3.05, 3.63) is 78.1 Å². The van der Waals surface area contributed by atoms with E-state index in [2.05, 4.69) is 29.5 Å². The van der Waals surface area contributed by atoms with Gasteiger partial charge in [0.05, 0.1) is 0 Å².